The van der Waals surface area contributed by atoms with Crippen molar-refractivity contribution in [2.75, 3.05) is 31.5 Å². The summed E-state index contributed by atoms with van der Waals surface area (Å²) in [5.74, 6) is 3.60. The molecule has 4 rings (SSSR count). The highest BCUT2D eigenvalue weighted by molar-refractivity contribution is 5.80. The van der Waals surface area contributed by atoms with Crippen molar-refractivity contribution in [2.24, 2.45) is 0 Å². The van der Waals surface area contributed by atoms with Crippen molar-refractivity contribution in [3.8, 4) is 23.0 Å². The van der Waals surface area contributed by atoms with E-state index in [-0.39, 0.29) is 0 Å². The molecule has 2 aromatic heterocycles. The molecule has 0 unspecified atom stereocenters. The molecule has 158 valence electrons. The number of pyridine rings is 1. The number of anilines is 3. The summed E-state index contributed by atoms with van der Waals surface area (Å²) in [6.45, 7) is 0. The van der Waals surface area contributed by atoms with Gasteiger partial charge in [-0.2, -0.15) is 0 Å². The predicted octanol–water partition coefficient (Wildman–Crippen LogP) is 4.10. The highest BCUT2D eigenvalue weighted by atomic mass is 16.5. The van der Waals surface area contributed by atoms with Gasteiger partial charge in [0.2, 0.25) is 12.4 Å². The second-order valence-corrected chi connectivity index (χ2v) is 6.66. The average molecular weight is 419 g/mol. The first-order chi connectivity index (χ1) is 15.1. The van der Waals surface area contributed by atoms with E-state index in [4.69, 9.17) is 14.2 Å². The van der Waals surface area contributed by atoms with Crippen molar-refractivity contribution in [1.82, 2.24) is 15.0 Å². The summed E-state index contributed by atoms with van der Waals surface area (Å²) in [4.78, 5) is 24.2. The maximum atomic E-state index is 10.9. The third kappa shape index (κ3) is 4.50. The summed E-state index contributed by atoms with van der Waals surface area (Å²) in [6.07, 6.45) is 2.28. The van der Waals surface area contributed by atoms with Crippen LogP contribution >= 0.6 is 0 Å². The quantitative estimate of drug-likeness (QED) is 0.415. The van der Waals surface area contributed by atoms with E-state index in [0.717, 1.165) is 16.7 Å². The largest absolute Gasteiger partial charge is 0.497 e. The molecule has 9 heteroatoms. The van der Waals surface area contributed by atoms with Crippen molar-refractivity contribution >= 4 is 34.9 Å². The predicted molar refractivity (Wildman–Crippen MR) is 118 cm³/mol. The molecule has 0 spiro atoms. The van der Waals surface area contributed by atoms with Gasteiger partial charge in [-0.15, -0.1) is 0 Å². The Labute approximate surface area is 178 Å². The molecule has 2 N–H and O–H groups in total. The van der Waals surface area contributed by atoms with Crippen LogP contribution in [0, 0.1) is 0 Å². The van der Waals surface area contributed by atoms with Gasteiger partial charge in [-0.3, -0.25) is 4.79 Å². The lowest BCUT2D eigenvalue weighted by atomic mass is 10.3. The fourth-order valence-corrected chi connectivity index (χ4v) is 2.97. The topological polar surface area (TPSA) is 102 Å². The molecule has 0 atom stereocenters. The molecule has 0 radical (unpaired) electrons. The van der Waals surface area contributed by atoms with Gasteiger partial charge >= 0.3 is 0 Å². The SMILES string of the molecule is COc1cc(Nc2nc3ccc(Oc4ccnc(N(C)C=O)c4)cc3[nH]2)cc(OC)c1. The normalized spacial score (nSPS) is 10.5. The molecule has 31 heavy (non-hydrogen) atoms. The first-order valence-corrected chi connectivity index (χ1v) is 9.40. The molecule has 2 aromatic carbocycles. The maximum Gasteiger partial charge on any atom is 0.215 e. The fourth-order valence-electron chi connectivity index (χ4n) is 2.97. The molecule has 0 aliphatic heterocycles. The number of carbonyl (C=O) groups excluding carboxylic acids is 1. The van der Waals surface area contributed by atoms with Gasteiger partial charge < -0.3 is 29.4 Å². The zero-order valence-corrected chi connectivity index (χ0v) is 17.2. The van der Waals surface area contributed by atoms with Crippen LogP contribution in [0.5, 0.6) is 23.0 Å². The minimum absolute atomic E-state index is 0.496. The monoisotopic (exact) mass is 419 g/mol. The lowest BCUT2D eigenvalue weighted by Gasteiger charge is -2.11. The number of fused-ring (bicyclic) bond motifs is 1. The molecular weight excluding hydrogens is 398 g/mol. The molecule has 0 aliphatic carbocycles. The van der Waals surface area contributed by atoms with Crippen molar-refractivity contribution < 1.29 is 19.0 Å². The van der Waals surface area contributed by atoms with Gasteiger partial charge in [0.05, 0.1) is 25.3 Å². The van der Waals surface area contributed by atoms with Gasteiger partial charge in [-0.1, -0.05) is 0 Å². The number of aromatic nitrogens is 3. The van der Waals surface area contributed by atoms with E-state index < -0.39 is 0 Å². The molecule has 0 fully saturated rings. The first-order valence-electron chi connectivity index (χ1n) is 9.40. The summed E-state index contributed by atoms with van der Waals surface area (Å²) >= 11 is 0. The standard InChI is InChI=1S/C22H21N5O4/c1-27(13-28)21-12-16(6-7-23-21)31-15-4-5-19-20(11-15)26-22(25-19)24-14-8-17(29-2)10-18(9-14)30-3/h4-13H,1-3H3,(H2,24,25,26). The number of rotatable bonds is 8. The lowest BCUT2D eigenvalue weighted by Crippen LogP contribution is -2.14. The Bertz CT molecular complexity index is 1200. The summed E-state index contributed by atoms with van der Waals surface area (Å²) in [7, 11) is 4.83. The highest BCUT2D eigenvalue weighted by Gasteiger charge is 2.09. The van der Waals surface area contributed by atoms with Crippen LogP contribution in [0.1, 0.15) is 0 Å². The van der Waals surface area contributed by atoms with E-state index in [2.05, 4.69) is 20.3 Å². The second-order valence-electron chi connectivity index (χ2n) is 6.66. The van der Waals surface area contributed by atoms with Crippen LogP contribution in [0.25, 0.3) is 11.0 Å². The minimum atomic E-state index is 0.496. The van der Waals surface area contributed by atoms with Gasteiger partial charge in [-0.25, -0.2) is 9.97 Å². The van der Waals surface area contributed by atoms with Gasteiger partial charge in [0.1, 0.15) is 28.8 Å². The number of H-pyrrole nitrogens is 1. The van der Waals surface area contributed by atoms with E-state index in [1.807, 2.05) is 30.3 Å². The van der Waals surface area contributed by atoms with E-state index in [1.54, 1.807) is 45.7 Å². The Morgan fingerprint density at radius 2 is 1.71 bits per heavy atom. The number of benzene rings is 2. The van der Waals surface area contributed by atoms with Crippen LogP contribution in [-0.2, 0) is 4.79 Å². The van der Waals surface area contributed by atoms with Gasteiger partial charge in [0, 0.05) is 49.3 Å². The zero-order chi connectivity index (χ0) is 21.8. The van der Waals surface area contributed by atoms with Crippen LogP contribution in [0.2, 0.25) is 0 Å². The number of amides is 1. The zero-order valence-electron chi connectivity index (χ0n) is 17.2. The smallest absolute Gasteiger partial charge is 0.215 e. The summed E-state index contributed by atoms with van der Waals surface area (Å²) in [6, 6.07) is 14.4. The van der Waals surface area contributed by atoms with Crippen molar-refractivity contribution in [3.63, 3.8) is 0 Å². The molecule has 2 heterocycles. The number of ether oxygens (including phenoxy) is 3. The Morgan fingerprint density at radius 1 is 0.968 bits per heavy atom. The van der Waals surface area contributed by atoms with E-state index in [0.29, 0.717) is 41.2 Å². The van der Waals surface area contributed by atoms with Crippen LogP contribution < -0.4 is 24.4 Å². The van der Waals surface area contributed by atoms with Crippen LogP contribution in [0.3, 0.4) is 0 Å². The summed E-state index contributed by atoms with van der Waals surface area (Å²) < 4.78 is 16.5. The summed E-state index contributed by atoms with van der Waals surface area (Å²) in [5.41, 5.74) is 2.35. The average Bonchev–Trinajstić information content (AvgIpc) is 3.19. The van der Waals surface area contributed by atoms with Crippen LogP contribution in [-0.4, -0.2) is 42.6 Å². The van der Waals surface area contributed by atoms with Crippen molar-refractivity contribution in [3.05, 3.63) is 54.7 Å². The molecule has 9 nitrogen and oxygen atoms in total. The Hall–Kier alpha value is -4.27. The molecule has 1 amide bonds. The number of methoxy groups -OCH3 is 2. The first kappa shape index (κ1) is 20.0. The number of nitrogens with zero attached hydrogens (tertiary/aromatic N) is 3. The van der Waals surface area contributed by atoms with E-state index >= 15 is 0 Å². The number of aromatic amines is 1. The highest BCUT2D eigenvalue weighted by Crippen LogP contribution is 2.30. The molecule has 0 saturated heterocycles. The maximum absolute atomic E-state index is 10.9. The Balaban J connectivity index is 1.56. The summed E-state index contributed by atoms with van der Waals surface area (Å²) in [5, 5.41) is 3.22. The van der Waals surface area contributed by atoms with Crippen LogP contribution in [0.15, 0.2) is 54.7 Å². The minimum Gasteiger partial charge on any atom is -0.497 e. The molecule has 4 aromatic rings. The lowest BCUT2D eigenvalue weighted by molar-refractivity contribution is -0.107. The number of hydrogen-bond acceptors (Lipinski definition) is 7. The molecule has 0 bridgehead atoms. The Morgan fingerprint density at radius 3 is 2.42 bits per heavy atom. The van der Waals surface area contributed by atoms with Gasteiger partial charge in [-0.05, 0) is 18.2 Å². The third-order valence-corrected chi connectivity index (χ3v) is 4.54. The third-order valence-electron chi connectivity index (χ3n) is 4.54. The van der Waals surface area contributed by atoms with Crippen LogP contribution in [0.4, 0.5) is 17.5 Å². The number of nitrogens with one attached hydrogen (secondary N) is 2. The molecule has 0 aliphatic rings. The fraction of sp³-hybridized carbons (Fsp3) is 0.136. The van der Waals surface area contributed by atoms with Crippen molar-refractivity contribution in [2.45, 2.75) is 0 Å². The van der Waals surface area contributed by atoms with Gasteiger partial charge in [0.25, 0.3) is 0 Å². The molecule has 0 saturated carbocycles. The number of hydrogen-bond donors (Lipinski definition) is 2. The van der Waals surface area contributed by atoms with Gasteiger partial charge in [0.15, 0.2) is 0 Å². The second kappa shape index (κ2) is 8.62. The number of imidazole rings is 1. The Kier molecular flexibility index (Phi) is 5.57. The molecular formula is C22H21N5O4. The van der Waals surface area contributed by atoms with E-state index in [1.165, 1.54) is 4.90 Å². The van der Waals surface area contributed by atoms with E-state index in [9.17, 15) is 4.79 Å². The number of carbonyl (C=O) groups is 1. The van der Waals surface area contributed by atoms with Crippen molar-refractivity contribution in [1.29, 1.82) is 0 Å².